The van der Waals surface area contributed by atoms with Crippen LogP contribution in [0.15, 0.2) is 102 Å². The van der Waals surface area contributed by atoms with Gasteiger partial charge in [0.1, 0.15) is 83.5 Å². The second kappa shape index (κ2) is 48.7. The van der Waals surface area contributed by atoms with Crippen molar-refractivity contribution >= 4 is 74.8 Å². The number of pyridine rings is 4. The van der Waals surface area contributed by atoms with Gasteiger partial charge in [0.05, 0.1) is 117 Å². The molecule has 41 nitrogen and oxygen atoms in total. The van der Waals surface area contributed by atoms with Crippen LogP contribution in [0.25, 0.3) is 16.6 Å². The van der Waals surface area contributed by atoms with Gasteiger partial charge in [0.2, 0.25) is 0 Å². The Hall–Kier alpha value is -12.8. The van der Waals surface area contributed by atoms with Crippen molar-refractivity contribution < 1.29 is 87.0 Å². The monoisotopic (exact) mass is 2010 g/mol. The van der Waals surface area contributed by atoms with Gasteiger partial charge >= 0.3 is 24.0 Å². The zero-order valence-corrected chi connectivity index (χ0v) is 84.2. The van der Waals surface area contributed by atoms with Gasteiger partial charge < -0.3 is 103 Å². The molecule has 9 aromatic rings. The van der Waals surface area contributed by atoms with Crippen LogP contribution in [-0.4, -0.2) is 313 Å². The topological polar surface area (TPSA) is 499 Å². The van der Waals surface area contributed by atoms with Crippen molar-refractivity contribution in [2.45, 2.75) is 236 Å². The minimum absolute atomic E-state index is 0.0277. The van der Waals surface area contributed by atoms with E-state index in [1.54, 1.807) is 65.6 Å². The van der Waals surface area contributed by atoms with E-state index in [1.807, 2.05) is 56.7 Å². The lowest BCUT2D eigenvalue weighted by atomic mass is 9.86. The number of methoxy groups -OCH3 is 3. The van der Waals surface area contributed by atoms with Gasteiger partial charge in [0.25, 0.3) is 17.7 Å². The van der Waals surface area contributed by atoms with Crippen LogP contribution in [-0.2, 0) is 38.5 Å². The molecule has 7 saturated heterocycles. The number of carbonyl (C=O) groups is 4. The van der Waals surface area contributed by atoms with Crippen LogP contribution < -0.4 is 64.0 Å². The molecule has 3 aliphatic carbocycles. The molecule has 8 N–H and O–H groups in total. The molecule has 21 rings (SSSR count). The second-order valence-corrected chi connectivity index (χ2v) is 39.7. The summed E-state index contributed by atoms with van der Waals surface area (Å²) in [6.07, 6.45) is 24.9. The summed E-state index contributed by atoms with van der Waals surface area (Å²) in [6, 6.07) is 18.6. The summed E-state index contributed by atoms with van der Waals surface area (Å²) in [5.74, 6) is 4.45. The summed E-state index contributed by atoms with van der Waals surface area (Å²) < 4.78 is 56.8. The molecule has 0 radical (unpaired) electrons. The van der Waals surface area contributed by atoms with Crippen molar-refractivity contribution in [2.24, 2.45) is 33.7 Å². The van der Waals surface area contributed by atoms with E-state index in [1.165, 1.54) is 28.1 Å². The van der Waals surface area contributed by atoms with Gasteiger partial charge in [-0.1, -0.05) is 13.0 Å². The Kier molecular flexibility index (Phi) is 34.4. The fraction of sp³-hybridized carbons (Fsp3) is 0.571. The van der Waals surface area contributed by atoms with Gasteiger partial charge in [0, 0.05) is 194 Å². The molecule has 4 unspecified atom stereocenters. The Labute approximate surface area is 848 Å². The number of allylic oxidation sites excluding steroid dienone is 2. The van der Waals surface area contributed by atoms with Crippen LogP contribution in [0.2, 0.25) is 0 Å². The lowest BCUT2D eigenvalue weighted by molar-refractivity contribution is 0.0444. The third-order valence-electron chi connectivity index (χ3n) is 29.5. The smallest absolute Gasteiger partial charge is 0.319 e. The molecule has 9 fully saturated rings. The van der Waals surface area contributed by atoms with Crippen molar-refractivity contribution in [2.75, 3.05) is 146 Å². The molecule has 12 aliphatic rings. The summed E-state index contributed by atoms with van der Waals surface area (Å²) in [5, 5.41) is 56.0. The van der Waals surface area contributed by atoms with Crippen molar-refractivity contribution in [1.29, 1.82) is 0 Å². The fourth-order valence-electron chi connectivity index (χ4n) is 20.6. The normalized spacial score (nSPS) is 22.2. The van der Waals surface area contributed by atoms with Gasteiger partial charge in [-0.25, -0.2) is 4.98 Å². The molecule has 778 valence electrons. The summed E-state index contributed by atoms with van der Waals surface area (Å²) in [4.78, 5) is 124. The zero-order valence-electron chi connectivity index (χ0n) is 84.2. The first-order valence-electron chi connectivity index (χ1n) is 51.8. The Morgan fingerprint density at radius 1 is 0.493 bits per heavy atom. The van der Waals surface area contributed by atoms with Crippen LogP contribution in [0.1, 0.15) is 237 Å². The maximum absolute atomic E-state index is 13.0. The summed E-state index contributed by atoms with van der Waals surface area (Å²) in [5.41, 5.74) is 13.1. The lowest BCUT2D eigenvalue weighted by Gasteiger charge is -2.34. The second-order valence-electron chi connectivity index (χ2n) is 39.7. The predicted octanol–water partition coefficient (Wildman–Crippen LogP) is 9.35. The van der Waals surface area contributed by atoms with Crippen LogP contribution in [0.4, 0.5) is 23.3 Å². The van der Waals surface area contributed by atoms with E-state index in [4.69, 9.17) is 57.4 Å². The number of amides is 3. The zero-order chi connectivity index (χ0) is 101. The van der Waals surface area contributed by atoms with Crippen molar-refractivity contribution in [3.63, 3.8) is 0 Å². The van der Waals surface area contributed by atoms with Gasteiger partial charge in [-0.2, -0.15) is 45.0 Å². The number of anilines is 4. The molecule has 146 heavy (non-hydrogen) atoms. The van der Waals surface area contributed by atoms with E-state index in [9.17, 15) is 39.6 Å². The number of aliphatic hydroxyl groups excluding tert-OH is 4. The first-order valence-corrected chi connectivity index (χ1v) is 51.8. The summed E-state index contributed by atoms with van der Waals surface area (Å²) >= 11 is 0. The number of fused-ring (bicyclic) bond motifs is 4. The Morgan fingerprint density at radius 2 is 0.932 bits per heavy atom. The number of hydrogen-bond acceptors (Lipinski definition) is 37. The van der Waals surface area contributed by atoms with Crippen LogP contribution >= 0.6 is 0 Å². The first kappa shape index (κ1) is 103. The summed E-state index contributed by atoms with van der Waals surface area (Å²) in [6.45, 7) is 18.2. The number of Topliss-reactive ketones (excluding diaryl/α,β-unsaturated/α-hetero) is 1. The number of carbonyl (C=O) groups excluding carboxylic acids is 4. The molecule has 0 aromatic carbocycles. The predicted molar refractivity (Wildman–Crippen MR) is 541 cm³/mol. The molecular weight excluding hydrogens is 1870 g/mol. The molecule has 9 aromatic heterocycles. The van der Waals surface area contributed by atoms with E-state index in [0.29, 0.717) is 118 Å². The molecule has 18 heterocycles. The number of ketones is 1. The maximum Gasteiger partial charge on any atom is 0.319 e. The van der Waals surface area contributed by atoms with E-state index in [2.05, 4.69) is 124 Å². The number of piperidine rings is 4. The van der Waals surface area contributed by atoms with Crippen molar-refractivity contribution in [3.8, 4) is 35.5 Å². The number of aromatic nitrogens is 14. The van der Waals surface area contributed by atoms with E-state index in [0.717, 1.165) is 213 Å². The third kappa shape index (κ3) is 25.4. The number of ether oxygens (including phenoxy) is 10. The highest BCUT2D eigenvalue weighted by Gasteiger charge is 2.39. The highest BCUT2D eigenvalue weighted by atomic mass is 16.6. The molecular formula is C105H135N23O18. The molecule has 2 saturated carbocycles. The Bertz CT molecular complexity index is 5910. The molecule has 0 bridgehead atoms. The van der Waals surface area contributed by atoms with Gasteiger partial charge in [-0.3, -0.25) is 49.2 Å². The number of rotatable bonds is 34. The van der Waals surface area contributed by atoms with Gasteiger partial charge in [0.15, 0.2) is 11.4 Å². The average Bonchev–Trinajstić information content (AvgIpc) is 1.58. The third-order valence-corrected chi connectivity index (χ3v) is 29.5. The highest BCUT2D eigenvalue weighted by Crippen LogP contribution is 2.44. The average molecular weight is 2010 g/mol. The minimum atomic E-state index is -0.700. The van der Waals surface area contributed by atoms with Gasteiger partial charge in [-0.05, 0) is 190 Å². The fourth-order valence-corrected chi connectivity index (χ4v) is 20.6. The minimum Gasteiger partial charge on any atom is -0.496 e. The highest BCUT2D eigenvalue weighted by molar-refractivity contribution is 6.06. The number of nitrogens with one attached hydrogen (secondary N) is 4. The first-order chi connectivity index (χ1) is 71.1. The van der Waals surface area contributed by atoms with Crippen molar-refractivity contribution in [3.05, 3.63) is 154 Å². The van der Waals surface area contributed by atoms with E-state index >= 15 is 0 Å². The quantitative estimate of drug-likeness (QED) is 0.0174. The number of aromatic amines is 1. The van der Waals surface area contributed by atoms with Crippen LogP contribution in [0.3, 0.4) is 0 Å². The largest absolute Gasteiger partial charge is 0.496 e. The Morgan fingerprint density at radius 3 is 1.38 bits per heavy atom. The number of hydrogen-bond donors (Lipinski definition) is 8. The molecule has 9 aliphatic heterocycles. The van der Waals surface area contributed by atoms with E-state index in [-0.39, 0.29) is 120 Å². The Balaban J connectivity index is 0.000000128. The molecule has 3 amide bonds. The lowest BCUT2D eigenvalue weighted by Crippen LogP contribution is -2.50. The molecule has 41 heteroatoms. The number of aliphatic imine (C=N–C) groups is 2. The van der Waals surface area contributed by atoms with Crippen LogP contribution in [0.5, 0.6) is 35.5 Å². The van der Waals surface area contributed by atoms with E-state index < -0.39 is 30.3 Å². The van der Waals surface area contributed by atoms with Crippen LogP contribution in [0, 0.1) is 23.7 Å². The molecule has 0 spiro atoms. The molecule has 11 atom stereocenters. The number of aliphatic hydroxyl groups is 4. The SMILES string of the molecule is COC[C@@H](C)Oc1nc(C(=O)N[C@H](C)[C@@H](C)O)cc(N2CCC(c3[nH]nc4nccc(OC)c34)CC2)n1.COc1ccnc2c1C(C1CCN(c3cc(C(=O)C[C@H](C)CO)nc(OC[C@H]4CCCO4)n3)CC1)=CC2.O=C(NC1CCC1O)c1cc(N2CCC(C3=NCc4ncccc43)CC2)nc(OC[C@H]2CCCO2)n1.O=C(NC1CCC1O)c1cc(N2CCC(C3=NCc4ncccc43)CC2)nc(OC[C@H]2CCCO2)n1. The standard InChI is InChI=1S/C28H36N4O5.2C26H32N6O4.C25H35N7O5/c1-18(16-33)14-24(34)23-15-26(31-28(30-23)37-17-20-4-3-13-36-20)32-11-8-19(9-12-32)21-5-6-22-27(21)25(35-2)7-10-29-22;2*33-22-6-5-19(22)29-25(34)20-13-23(31-26(30-20)36-15-17-3-2-12-35-17)32-10-7-16(8-11-32)24-18-4-1-9-27-21(18)14-28-24;1-14(13-35-4)37-25-28-18(24(34)27-15(2)16(3)33)12-20(29-25)32-10-7-17(8-11-32)22-21-19(36-5)6-9-26-23(21)31-30-22/h5,7,10,15,18-20,33H,3-4,6,8-9,11-14,16-17H2,1-2H3;2*1,4,9,13,16-17,19,22,33H,2-3,5-8,10-12,14-15H2,(H,29,34);6,9,12,14-17,33H,7-8,10-11,13H2,1-5H3,(H,27,34)(H,26,30,31)/t18-,20+;2*17-,19?,22?;14-,15-,16-/m0111/s1. The van der Waals surface area contributed by atoms with Crippen molar-refractivity contribution in [1.82, 2.24) is 86.0 Å². The summed E-state index contributed by atoms with van der Waals surface area (Å²) in [7, 11) is 4.94. The number of nitrogens with zero attached hydrogens (tertiary/aromatic N) is 19. The maximum atomic E-state index is 13.0. The van der Waals surface area contributed by atoms with Gasteiger partial charge in [-0.15, -0.1) is 0 Å². The number of H-pyrrole nitrogens is 1.